The molecular formula is C13H18Cl2F2N2O2. The normalized spacial score (nSPS) is 20.5. The van der Waals surface area contributed by atoms with Crippen LogP contribution in [0.2, 0.25) is 0 Å². The van der Waals surface area contributed by atoms with Gasteiger partial charge in [0.15, 0.2) is 11.5 Å². The molecule has 120 valence electrons. The van der Waals surface area contributed by atoms with Crippen LogP contribution in [0, 0.1) is 0 Å². The second-order valence-electron chi connectivity index (χ2n) is 5.06. The third kappa shape index (κ3) is 4.32. The Balaban J connectivity index is 0.00000110. The highest BCUT2D eigenvalue weighted by molar-refractivity contribution is 5.85. The molecule has 0 saturated carbocycles. The number of halogens is 4. The van der Waals surface area contributed by atoms with Crippen molar-refractivity contribution in [1.82, 2.24) is 4.90 Å². The first-order valence-electron chi connectivity index (χ1n) is 6.38. The Morgan fingerprint density at radius 3 is 2.43 bits per heavy atom. The fourth-order valence-electron chi connectivity index (χ4n) is 2.46. The van der Waals surface area contributed by atoms with Crippen LogP contribution in [0.25, 0.3) is 0 Å². The summed E-state index contributed by atoms with van der Waals surface area (Å²) in [5.74, 6) is 0.200. The second kappa shape index (κ2) is 6.96. The highest BCUT2D eigenvalue weighted by atomic mass is 35.5. The number of benzene rings is 1. The highest BCUT2D eigenvalue weighted by Gasteiger charge is 2.43. The van der Waals surface area contributed by atoms with Crippen molar-refractivity contribution in [1.29, 1.82) is 0 Å². The molecule has 0 spiro atoms. The molecule has 8 heteroatoms. The summed E-state index contributed by atoms with van der Waals surface area (Å²) in [6, 6.07) is 5.22. The summed E-state index contributed by atoms with van der Waals surface area (Å²) >= 11 is 0. The molecule has 0 atom stereocenters. The molecule has 0 bridgehead atoms. The van der Waals surface area contributed by atoms with Crippen LogP contribution in [0.4, 0.5) is 8.78 Å². The molecule has 21 heavy (non-hydrogen) atoms. The van der Waals surface area contributed by atoms with Gasteiger partial charge >= 0.3 is 6.29 Å². The van der Waals surface area contributed by atoms with Gasteiger partial charge in [-0.2, -0.15) is 0 Å². The largest absolute Gasteiger partial charge is 0.586 e. The topological polar surface area (TPSA) is 47.7 Å². The average Bonchev–Trinajstić information content (AvgIpc) is 2.65. The summed E-state index contributed by atoms with van der Waals surface area (Å²) < 4.78 is 34.6. The zero-order valence-corrected chi connectivity index (χ0v) is 12.9. The molecule has 1 aromatic rings. The Morgan fingerprint density at radius 2 is 1.76 bits per heavy atom. The Labute approximate surface area is 134 Å². The third-order valence-corrected chi connectivity index (χ3v) is 3.50. The molecule has 0 aromatic heterocycles. The first-order valence-corrected chi connectivity index (χ1v) is 6.38. The number of nitrogens with zero attached hydrogens (tertiary/aromatic N) is 1. The minimum atomic E-state index is -3.54. The zero-order valence-electron chi connectivity index (χ0n) is 11.3. The van der Waals surface area contributed by atoms with Gasteiger partial charge in [-0.25, -0.2) is 0 Å². The van der Waals surface area contributed by atoms with E-state index in [4.69, 9.17) is 5.73 Å². The van der Waals surface area contributed by atoms with Crippen LogP contribution in [0.3, 0.4) is 0 Å². The Hall–Kier alpha value is -0.820. The number of ether oxygens (including phenoxy) is 2. The molecule has 1 saturated heterocycles. The number of alkyl halides is 2. The van der Waals surface area contributed by atoms with Crippen molar-refractivity contribution in [3.63, 3.8) is 0 Å². The van der Waals surface area contributed by atoms with Crippen molar-refractivity contribution in [2.24, 2.45) is 5.73 Å². The van der Waals surface area contributed by atoms with E-state index in [0.717, 1.165) is 38.0 Å². The van der Waals surface area contributed by atoms with E-state index in [2.05, 4.69) is 14.4 Å². The lowest BCUT2D eigenvalue weighted by molar-refractivity contribution is -0.286. The summed E-state index contributed by atoms with van der Waals surface area (Å²) in [5, 5.41) is 0. The maximum Gasteiger partial charge on any atom is 0.586 e. The van der Waals surface area contributed by atoms with E-state index in [1.807, 2.05) is 0 Å². The maximum absolute atomic E-state index is 12.9. The smallest absolute Gasteiger partial charge is 0.395 e. The SMILES string of the molecule is Cl.Cl.NC1CCN(Cc2ccc3c(c2)OC(F)(F)O3)CC1. The molecular weight excluding hydrogens is 325 g/mol. The number of likely N-dealkylation sites (tertiary alicyclic amines) is 1. The van der Waals surface area contributed by atoms with Crippen LogP contribution in [0.15, 0.2) is 18.2 Å². The van der Waals surface area contributed by atoms with Crippen LogP contribution >= 0.6 is 24.8 Å². The minimum absolute atomic E-state index is 0. The van der Waals surface area contributed by atoms with Crippen molar-refractivity contribution in [3.05, 3.63) is 23.8 Å². The highest BCUT2D eigenvalue weighted by Crippen LogP contribution is 2.41. The Kier molecular flexibility index (Phi) is 6.04. The first kappa shape index (κ1) is 18.2. The lowest BCUT2D eigenvalue weighted by Crippen LogP contribution is -2.39. The third-order valence-electron chi connectivity index (χ3n) is 3.50. The summed E-state index contributed by atoms with van der Waals surface area (Å²) in [6.45, 7) is 2.59. The molecule has 2 aliphatic heterocycles. The monoisotopic (exact) mass is 342 g/mol. The lowest BCUT2D eigenvalue weighted by atomic mass is 10.1. The van der Waals surface area contributed by atoms with Crippen LogP contribution in [0.1, 0.15) is 18.4 Å². The van der Waals surface area contributed by atoms with Crippen LogP contribution < -0.4 is 15.2 Å². The van der Waals surface area contributed by atoms with Crippen molar-refractivity contribution in [2.45, 2.75) is 31.7 Å². The lowest BCUT2D eigenvalue weighted by Gasteiger charge is -2.30. The van der Waals surface area contributed by atoms with Crippen molar-refractivity contribution < 1.29 is 18.3 Å². The fraction of sp³-hybridized carbons (Fsp3) is 0.538. The van der Waals surface area contributed by atoms with Gasteiger partial charge in [-0.05, 0) is 43.6 Å². The number of hydrogen-bond donors (Lipinski definition) is 1. The molecule has 1 fully saturated rings. The van der Waals surface area contributed by atoms with E-state index in [9.17, 15) is 8.78 Å². The van der Waals surface area contributed by atoms with Crippen LogP contribution in [-0.2, 0) is 6.54 Å². The molecule has 0 aliphatic carbocycles. The predicted octanol–water partition coefficient (Wildman–Crippen LogP) is 2.77. The van der Waals surface area contributed by atoms with Gasteiger partial charge < -0.3 is 15.2 Å². The van der Waals surface area contributed by atoms with E-state index >= 15 is 0 Å². The van der Waals surface area contributed by atoms with Crippen molar-refractivity contribution in [2.75, 3.05) is 13.1 Å². The molecule has 2 heterocycles. The quantitative estimate of drug-likeness (QED) is 0.897. The van der Waals surface area contributed by atoms with Gasteiger partial charge in [0.1, 0.15) is 0 Å². The molecule has 2 N–H and O–H groups in total. The molecule has 0 unspecified atom stereocenters. The Morgan fingerprint density at radius 1 is 1.14 bits per heavy atom. The molecule has 2 aliphatic rings. The van der Waals surface area contributed by atoms with E-state index in [1.54, 1.807) is 12.1 Å². The Bertz CT molecular complexity index is 483. The summed E-state index contributed by atoms with van der Waals surface area (Å²) in [6.07, 6.45) is -1.59. The summed E-state index contributed by atoms with van der Waals surface area (Å²) in [5.41, 5.74) is 6.79. The van der Waals surface area contributed by atoms with Gasteiger partial charge in [0.05, 0.1) is 0 Å². The van der Waals surface area contributed by atoms with Gasteiger partial charge in [-0.3, -0.25) is 4.90 Å². The number of hydrogen-bond acceptors (Lipinski definition) is 4. The number of rotatable bonds is 2. The summed E-state index contributed by atoms with van der Waals surface area (Å²) in [7, 11) is 0. The first-order chi connectivity index (χ1) is 9.02. The van der Waals surface area contributed by atoms with Gasteiger partial charge in [-0.15, -0.1) is 33.6 Å². The zero-order chi connectivity index (χ0) is 13.5. The number of fused-ring (bicyclic) bond motifs is 1. The van der Waals surface area contributed by atoms with Crippen molar-refractivity contribution >= 4 is 24.8 Å². The minimum Gasteiger partial charge on any atom is -0.395 e. The molecule has 3 rings (SSSR count). The molecule has 1 aromatic carbocycles. The average molecular weight is 343 g/mol. The van der Waals surface area contributed by atoms with Gasteiger partial charge in [0, 0.05) is 12.6 Å². The van der Waals surface area contributed by atoms with E-state index in [0.29, 0.717) is 0 Å². The second-order valence-corrected chi connectivity index (χ2v) is 5.06. The van der Waals surface area contributed by atoms with E-state index in [-0.39, 0.29) is 42.4 Å². The predicted molar refractivity (Wildman–Crippen MR) is 79.6 cm³/mol. The fourth-order valence-corrected chi connectivity index (χ4v) is 2.46. The van der Waals surface area contributed by atoms with Gasteiger partial charge in [0.2, 0.25) is 0 Å². The molecule has 4 nitrogen and oxygen atoms in total. The van der Waals surface area contributed by atoms with E-state index < -0.39 is 6.29 Å². The summed E-state index contributed by atoms with van der Waals surface area (Å²) in [4.78, 5) is 2.26. The molecule has 0 amide bonds. The van der Waals surface area contributed by atoms with Crippen molar-refractivity contribution in [3.8, 4) is 11.5 Å². The standard InChI is InChI=1S/C13H16F2N2O2.2ClH/c14-13(15)18-11-2-1-9(7-12(11)19-13)8-17-5-3-10(16)4-6-17;;/h1-2,7,10H,3-6,8,16H2;2*1H. The number of piperidine rings is 1. The van der Waals surface area contributed by atoms with Gasteiger partial charge in [0.25, 0.3) is 0 Å². The van der Waals surface area contributed by atoms with Gasteiger partial charge in [-0.1, -0.05) is 6.07 Å². The van der Waals surface area contributed by atoms with Crippen LogP contribution in [0.5, 0.6) is 11.5 Å². The number of nitrogens with two attached hydrogens (primary N) is 1. The van der Waals surface area contributed by atoms with Crippen LogP contribution in [-0.4, -0.2) is 30.3 Å². The molecule has 0 radical (unpaired) electrons. The maximum atomic E-state index is 12.9. The van der Waals surface area contributed by atoms with E-state index in [1.165, 1.54) is 6.07 Å².